The fourth-order valence-corrected chi connectivity index (χ4v) is 7.24. The Morgan fingerprint density at radius 2 is 0.755 bits per heavy atom. The van der Waals surface area contributed by atoms with E-state index in [0.29, 0.717) is 0 Å². The monoisotopic (exact) mass is 623 g/mol. The lowest BCUT2D eigenvalue weighted by Crippen LogP contribution is -2.09. The van der Waals surface area contributed by atoms with Crippen LogP contribution >= 0.6 is 0 Å². The largest absolute Gasteiger partial charge is 0.310 e. The smallest absolute Gasteiger partial charge is 0.0467 e. The molecule has 0 radical (unpaired) electrons. The minimum Gasteiger partial charge on any atom is -0.310 e. The Kier molecular flexibility index (Phi) is 7.22. The SMILES string of the molecule is c1ccc(-c2ccc(-c3cccc(N(c4ccccc4)c4ccc(-c5cccc6ccc7ccc8ccccc8c7c56)cc4)c3)cc2)cc1. The van der Waals surface area contributed by atoms with Crippen LogP contribution in [0.3, 0.4) is 0 Å². The summed E-state index contributed by atoms with van der Waals surface area (Å²) in [6, 6.07) is 72.3. The van der Waals surface area contributed by atoms with Crippen molar-refractivity contribution < 1.29 is 0 Å². The van der Waals surface area contributed by atoms with Crippen molar-refractivity contribution in [3.63, 3.8) is 0 Å². The van der Waals surface area contributed by atoms with Crippen molar-refractivity contribution in [1.82, 2.24) is 0 Å². The van der Waals surface area contributed by atoms with Crippen molar-refractivity contribution in [2.75, 3.05) is 4.90 Å². The second-order valence-electron chi connectivity index (χ2n) is 12.6. The normalized spacial score (nSPS) is 11.3. The summed E-state index contributed by atoms with van der Waals surface area (Å²) in [7, 11) is 0. The van der Waals surface area contributed by atoms with Crippen LogP contribution < -0.4 is 4.90 Å². The van der Waals surface area contributed by atoms with Crippen LogP contribution in [0.25, 0.3) is 65.7 Å². The standard InChI is InChI=1S/C48H33N/c1-3-11-34(12-4-1)35-21-23-36(24-22-35)41-15-9-18-44(33-41)49(42-16-5-2-6-17-42)43-31-29-38(30-32-43)46-20-10-14-39-27-28-40-26-25-37-13-7-8-19-45(37)48(40)47(39)46/h1-33H. The average Bonchev–Trinajstić information content (AvgIpc) is 3.19. The summed E-state index contributed by atoms with van der Waals surface area (Å²) < 4.78 is 0. The molecule has 49 heavy (non-hydrogen) atoms. The average molecular weight is 624 g/mol. The molecule has 0 heterocycles. The second kappa shape index (κ2) is 12.3. The molecule has 0 fully saturated rings. The van der Waals surface area contributed by atoms with E-state index in [9.17, 15) is 0 Å². The molecule has 1 nitrogen and oxygen atoms in total. The number of hydrogen-bond donors (Lipinski definition) is 0. The van der Waals surface area contributed by atoms with Crippen LogP contribution in [0.5, 0.6) is 0 Å². The van der Waals surface area contributed by atoms with Crippen molar-refractivity contribution in [2.45, 2.75) is 0 Å². The molecular formula is C48H33N. The summed E-state index contributed by atoms with van der Waals surface area (Å²) in [4.78, 5) is 2.34. The molecule has 9 rings (SSSR count). The highest BCUT2D eigenvalue weighted by atomic mass is 15.1. The number of anilines is 3. The first-order valence-electron chi connectivity index (χ1n) is 16.8. The minimum atomic E-state index is 1.11. The van der Waals surface area contributed by atoms with Crippen molar-refractivity contribution in [3.8, 4) is 33.4 Å². The van der Waals surface area contributed by atoms with Crippen molar-refractivity contribution in [2.24, 2.45) is 0 Å². The Labute approximate surface area is 287 Å². The first-order chi connectivity index (χ1) is 24.3. The maximum Gasteiger partial charge on any atom is 0.0467 e. The van der Waals surface area contributed by atoms with Crippen LogP contribution in [0, 0.1) is 0 Å². The third kappa shape index (κ3) is 5.32. The summed E-state index contributed by atoms with van der Waals surface area (Å²) in [5.41, 5.74) is 10.6. The first kappa shape index (κ1) is 28.8. The highest BCUT2D eigenvalue weighted by molar-refractivity contribution is 6.23. The lowest BCUT2D eigenvalue weighted by atomic mass is 9.91. The zero-order valence-electron chi connectivity index (χ0n) is 27.0. The topological polar surface area (TPSA) is 3.24 Å². The number of fused-ring (bicyclic) bond motifs is 5. The molecular weight excluding hydrogens is 591 g/mol. The van der Waals surface area contributed by atoms with Gasteiger partial charge < -0.3 is 4.90 Å². The lowest BCUT2D eigenvalue weighted by Gasteiger charge is -2.26. The lowest BCUT2D eigenvalue weighted by molar-refractivity contribution is 1.28. The predicted molar refractivity (Wildman–Crippen MR) is 210 cm³/mol. The molecule has 0 aliphatic rings. The van der Waals surface area contributed by atoms with Gasteiger partial charge in [0.2, 0.25) is 0 Å². The summed E-state index contributed by atoms with van der Waals surface area (Å²) in [6.07, 6.45) is 0. The Bertz CT molecular complexity index is 2560. The summed E-state index contributed by atoms with van der Waals surface area (Å²) >= 11 is 0. The molecule has 0 unspecified atom stereocenters. The molecule has 9 aromatic rings. The maximum atomic E-state index is 2.34. The summed E-state index contributed by atoms with van der Waals surface area (Å²) in [5.74, 6) is 0. The van der Waals surface area contributed by atoms with Gasteiger partial charge in [-0.2, -0.15) is 0 Å². The molecule has 0 amide bonds. The molecule has 230 valence electrons. The second-order valence-corrected chi connectivity index (χ2v) is 12.6. The molecule has 0 aliphatic heterocycles. The molecule has 0 spiro atoms. The van der Waals surface area contributed by atoms with Gasteiger partial charge in [0.1, 0.15) is 0 Å². The van der Waals surface area contributed by atoms with Crippen LogP contribution in [0.1, 0.15) is 0 Å². The van der Waals surface area contributed by atoms with Crippen LogP contribution in [0.15, 0.2) is 200 Å². The summed E-state index contributed by atoms with van der Waals surface area (Å²) in [5, 5.41) is 7.69. The van der Waals surface area contributed by atoms with E-state index in [1.807, 2.05) is 0 Å². The molecule has 1 heteroatoms. The Balaban J connectivity index is 1.13. The number of benzene rings is 9. The van der Waals surface area contributed by atoms with E-state index in [2.05, 4.69) is 205 Å². The van der Waals surface area contributed by atoms with Gasteiger partial charge in [-0.25, -0.2) is 0 Å². The molecule has 9 aromatic carbocycles. The predicted octanol–water partition coefficient (Wildman–Crippen LogP) is 13.6. The number of para-hydroxylation sites is 1. The van der Waals surface area contributed by atoms with Gasteiger partial charge in [0, 0.05) is 17.1 Å². The van der Waals surface area contributed by atoms with Gasteiger partial charge >= 0.3 is 0 Å². The zero-order chi connectivity index (χ0) is 32.6. The van der Waals surface area contributed by atoms with Gasteiger partial charge in [-0.1, -0.05) is 164 Å². The Morgan fingerprint density at radius 3 is 1.51 bits per heavy atom. The van der Waals surface area contributed by atoms with Crippen LogP contribution in [0.2, 0.25) is 0 Å². The minimum absolute atomic E-state index is 1.11. The molecule has 0 saturated carbocycles. The maximum absolute atomic E-state index is 2.34. The zero-order valence-corrected chi connectivity index (χ0v) is 27.0. The van der Waals surface area contributed by atoms with Crippen molar-refractivity contribution >= 4 is 49.4 Å². The van der Waals surface area contributed by atoms with Crippen molar-refractivity contribution in [1.29, 1.82) is 0 Å². The van der Waals surface area contributed by atoms with E-state index in [0.717, 1.165) is 17.1 Å². The fourth-order valence-electron chi connectivity index (χ4n) is 7.24. The van der Waals surface area contributed by atoms with E-state index in [1.54, 1.807) is 0 Å². The van der Waals surface area contributed by atoms with E-state index >= 15 is 0 Å². The van der Waals surface area contributed by atoms with Gasteiger partial charge in [0.25, 0.3) is 0 Å². The third-order valence-electron chi connectivity index (χ3n) is 9.63. The van der Waals surface area contributed by atoms with E-state index in [1.165, 1.54) is 65.7 Å². The Morgan fingerprint density at radius 1 is 0.265 bits per heavy atom. The van der Waals surface area contributed by atoms with Crippen LogP contribution in [-0.4, -0.2) is 0 Å². The first-order valence-corrected chi connectivity index (χ1v) is 16.8. The quantitative estimate of drug-likeness (QED) is 0.167. The number of nitrogens with zero attached hydrogens (tertiary/aromatic N) is 1. The van der Waals surface area contributed by atoms with Gasteiger partial charge in [-0.05, 0) is 102 Å². The van der Waals surface area contributed by atoms with E-state index in [-0.39, 0.29) is 0 Å². The van der Waals surface area contributed by atoms with Gasteiger partial charge in [-0.3, -0.25) is 0 Å². The molecule has 0 aliphatic carbocycles. The number of rotatable bonds is 6. The molecule has 0 saturated heterocycles. The highest BCUT2D eigenvalue weighted by Gasteiger charge is 2.15. The highest BCUT2D eigenvalue weighted by Crippen LogP contribution is 2.41. The summed E-state index contributed by atoms with van der Waals surface area (Å²) in [6.45, 7) is 0. The molecule has 0 bridgehead atoms. The number of hydrogen-bond acceptors (Lipinski definition) is 1. The Hall–Kier alpha value is -6.44. The van der Waals surface area contributed by atoms with Crippen LogP contribution in [0.4, 0.5) is 17.1 Å². The van der Waals surface area contributed by atoms with Gasteiger partial charge in [0.15, 0.2) is 0 Å². The third-order valence-corrected chi connectivity index (χ3v) is 9.63. The van der Waals surface area contributed by atoms with Crippen molar-refractivity contribution in [3.05, 3.63) is 200 Å². The van der Waals surface area contributed by atoms with Gasteiger partial charge in [-0.15, -0.1) is 0 Å². The fraction of sp³-hybridized carbons (Fsp3) is 0. The van der Waals surface area contributed by atoms with E-state index in [4.69, 9.17) is 0 Å². The molecule has 0 aromatic heterocycles. The molecule has 0 atom stereocenters. The van der Waals surface area contributed by atoms with Gasteiger partial charge in [0.05, 0.1) is 0 Å². The van der Waals surface area contributed by atoms with E-state index < -0.39 is 0 Å². The van der Waals surface area contributed by atoms with Crippen LogP contribution in [-0.2, 0) is 0 Å². The molecule has 0 N–H and O–H groups in total.